The van der Waals surface area contributed by atoms with E-state index in [2.05, 4.69) is 5.32 Å². The Kier molecular flexibility index (Phi) is 7.06. The normalized spacial score (nSPS) is 12.7. The summed E-state index contributed by atoms with van der Waals surface area (Å²) in [5.41, 5.74) is 0.899. The third-order valence-electron chi connectivity index (χ3n) is 4.83. The molecule has 0 aliphatic heterocycles. The van der Waals surface area contributed by atoms with Gasteiger partial charge in [-0.15, -0.1) is 0 Å². The first kappa shape index (κ1) is 24.6. The van der Waals surface area contributed by atoms with Gasteiger partial charge in [-0.1, -0.05) is 6.07 Å². The van der Waals surface area contributed by atoms with Gasteiger partial charge in [0.1, 0.15) is 0 Å². The molecule has 3 aromatic rings. The molecule has 0 spiro atoms. The molecule has 1 amide bonds. The lowest BCUT2D eigenvalue weighted by molar-refractivity contribution is 0.102. The highest BCUT2D eigenvalue weighted by Crippen LogP contribution is 2.25. The van der Waals surface area contributed by atoms with Crippen molar-refractivity contribution >= 4 is 47.9 Å². The van der Waals surface area contributed by atoms with Crippen molar-refractivity contribution in [2.75, 3.05) is 29.2 Å². The van der Waals surface area contributed by atoms with Crippen molar-refractivity contribution < 1.29 is 25.8 Å². The van der Waals surface area contributed by atoms with Crippen LogP contribution in [0.2, 0.25) is 0 Å². The monoisotopic (exact) mass is 506 g/mol. The van der Waals surface area contributed by atoms with Gasteiger partial charge < -0.3 is 5.32 Å². The van der Waals surface area contributed by atoms with Gasteiger partial charge in [0, 0.05) is 46.5 Å². The minimum Gasteiger partial charge on any atom is -0.322 e. The van der Waals surface area contributed by atoms with E-state index in [1.807, 2.05) is 0 Å². The van der Waals surface area contributed by atoms with E-state index in [1.165, 1.54) is 55.8 Å². The molecule has 0 saturated carbocycles. The molecule has 8 nitrogen and oxygen atoms in total. The van der Waals surface area contributed by atoms with Crippen LogP contribution < -0.4 is 9.62 Å². The van der Waals surface area contributed by atoms with Gasteiger partial charge in [0.2, 0.25) is 0 Å². The first-order valence-corrected chi connectivity index (χ1v) is 14.4. The Balaban J connectivity index is 1.82. The summed E-state index contributed by atoms with van der Waals surface area (Å²) in [5, 5.41) is 2.66. The molecule has 174 valence electrons. The molecule has 0 aliphatic rings. The Morgan fingerprint density at radius 1 is 0.879 bits per heavy atom. The quantitative estimate of drug-likeness (QED) is 0.527. The Bertz CT molecular complexity index is 1420. The molecule has 0 aromatic heterocycles. The average molecular weight is 507 g/mol. The first-order valence-electron chi connectivity index (χ1n) is 9.53. The van der Waals surface area contributed by atoms with Crippen molar-refractivity contribution in [1.29, 1.82) is 0 Å². The Morgan fingerprint density at radius 3 is 2.03 bits per heavy atom. The van der Waals surface area contributed by atoms with E-state index >= 15 is 0 Å². The largest absolute Gasteiger partial charge is 0.322 e. The second kappa shape index (κ2) is 9.46. The molecule has 1 unspecified atom stereocenters. The van der Waals surface area contributed by atoms with Crippen LogP contribution in [0.1, 0.15) is 10.4 Å². The number of carbonyl (C=O) groups is 1. The van der Waals surface area contributed by atoms with Gasteiger partial charge >= 0.3 is 0 Å². The standard InChI is InChI=1S/C22H22N2O6S3/c1-24(18-9-13-20(14-10-18)32(3,27)28)33(29,30)21-6-4-5-17(15-21)23-22(25)16-7-11-19(12-8-16)31(2)26/h4-15H,1-3H3,(H,23,25). The highest BCUT2D eigenvalue weighted by Gasteiger charge is 2.22. The Morgan fingerprint density at radius 2 is 1.48 bits per heavy atom. The number of sulfone groups is 1. The van der Waals surface area contributed by atoms with Gasteiger partial charge in [-0.2, -0.15) is 0 Å². The molecule has 33 heavy (non-hydrogen) atoms. The van der Waals surface area contributed by atoms with Crippen molar-refractivity contribution in [3.05, 3.63) is 78.4 Å². The number of amides is 1. The average Bonchev–Trinajstić information content (AvgIpc) is 2.78. The van der Waals surface area contributed by atoms with Gasteiger partial charge in [-0.25, -0.2) is 16.8 Å². The highest BCUT2D eigenvalue weighted by molar-refractivity contribution is 7.92. The number of hydrogen-bond donors (Lipinski definition) is 1. The van der Waals surface area contributed by atoms with Crippen molar-refractivity contribution in [2.24, 2.45) is 0 Å². The summed E-state index contributed by atoms with van der Waals surface area (Å²) in [7, 11) is -7.19. The smallest absolute Gasteiger partial charge is 0.264 e. The number of anilines is 2. The first-order chi connectivity index (χ1) is 15.4. The molecular formula is C22H22N2O6S3. The molecular weight excluding hydrogens is 484 g/mol. The van der Waals surface area contributed by atoms with E-state index in [0.717, 1.165) is 10.6 Å². The second-order valence-electron chi connectivity index (χ2n) is 7.20. The number of nitrogens with one attached hydrogen (secondary N) is 1. The maximum absolute atomic E-state index is 13.1. The minimum absolute atomic E-state index is 0.0493. The van der Waals surface area contributed by atoms with Crippen LogP contribution in [-0.4, -0.2) is 46.5 Å². The van der Waals surface area contributed by atoms with Gasteiger partial charge in [0.05, 0.1) is 15.5 Å². The van der Waals surface area contributed by atoms with E-state index in [-0.39, 0.29) is 21.2 Å². The molecule has 11 heteroatoms. The van der Waals surface area contributed by atoms with Crippen LogP contribution in [-0.2, 0) is 30.7 Å². The van der Waals surface area contributed by atoms with Crippen LogP contribution in [0.15, 0.2) is 87.5 Å². The van der Waals surface area contributed by atoms with E-state index in [1.54, 1.807) is 30.3 Å². The van der Waals surface area contributed by atoms with Crippen molar-refractivity contribution in [3.8, 4) is 0 Å². The van der Waals surface area contributed by atoms with Crippen LogP contribution in [0.3, 0.4) is 0 Å². The molecule has 3 aromatic carbocycles. The summed E-state index contributed by atoms with van der Waals surface area (Å²) in [6.07, 6.45) is 2.61. The van der Waals surface area contributed by atoms with Crippen LogP contribution in [0.5, 0.6) is 0 Å². The number of sulfonamides is 1. The number of benzene rings is 3. The minimum atomic E-state index is -3.98. The van der Waals surface area contributed by atoms with Gasteiger partial charge in [0.25, 0.3) is 15.9 Å². The summed E-state index contributed by atoms with van der Waals surface area (Å²) in [6.45, 7) is 0. The van der Waals surface area contributed by atoms with Gasteiger partial charge in [-0.05, 0) is 66.7 Å². The van der Waals surface area contributed by atoms with Gasteiger partial charge in [0.15, 0.2) is 9.84 Å². The lowest BCUT2D eigenvalue weighted by Crippen LogP contribution is -2.26. The van der Waals surface area contributed by atoms with E-state index < -0.39 is 36.6 Å². The molecule has 0 aliphatic carbocycles. The van der Waals surface area contributed by atoms with Gasteiger partial charge in [-0.3, -0.25) is 13.3 Å². The lowest BCUT2D eigenvalue weighted by atomic mass is 10.2. The molecule has 0 saturated heterocycles. The molecule has 0 fully saturated rings. The summed E-state index contributed by atoms with van der Waals surface area (Å²) >= 11 is 0. The predicted octanol–water partition coefficient (Wildman–Crippen LogP) is 2.90. The summed E-state index contributed by atoms with van der Waals surface area (Å²) in [6, 6.07) is 17.6. The fourth-order valence-corrected chi connectivity index (χ4v) is 5.33. The number of rotatable bonds is 7. The van der Waals surface area contributed by atoms with Crippen LogP contribution in [0, 0.1) is 0 Å². The Labute approximate surface area is 195 Å². The molecule has 0 radical (unpaired) electrons. The summed E-state index contributed by atoms with van der Waals surface area (Å²) in [5.74, 6) is -0.442. The van der Waals surface area contributed by atoms with E-state index in [4.69, 9.17) is 0 Å². The Hall–Kier alpha value is -3.02. The maximum Gasteiger partial charge on any atom is 0.264 e. The van der Waals surface area contributed by atoms with Crippen LogP contribution >= 0.6 is 0 Å². The predicted molar refractivity (Wildman–Crippen MR) is 128 cm³/mol. The zero-order chi connectivity index (χ0) is 24.4. The third-order valence-corrected chi connectivity index (χ3v) is 8.67. The van der Waals surface area contributed by atoms with E-state index in [0.29, 0.717) is 10.5 Å². The number of carbonyl (C=O) groups excluding carboxylic acids is 1. The SMILES string of the molecule is CN(c1ccc(S(C)(=O)=O)cc1)S(=O)(=O)c1cccc(NC(=O)c2ccc(S(C)=O)cc2)c1. The summed E-state index contributed by atoms with van der Waals surface area (Å²) < 4.78 is 62.0. The number of hydrogen-bond acceptors (Lipinski definition) is 6. The van der Waals surface area contributed by atoms with Crippen LogP contribution in [0.4, 0.5) is 11.4 Å². The van der Waals surface area contributed by atoms with Crippen molar-refractivity contribution in [1.82, 2.24) is 0 Å². The third kappa shape index (κ3) is 5.67. The molecule has 3 rings (SSSR count). The zero-order valence-corrected chi connectivity index (χ0v) is 20.5. The fraction of sp³-hybridized carbons (Fsp3) is 0.136. The highest BCUT2D eigenvalue weighted by atomic mass is 32.2. The maximum atomic E-state index is 13.1. The molecule has 1 atom stereocenters. The van der Waals surface area contributed by atoms with E-state index in [9.17, 15) is 25.8 Å². The zero-order valence-electron chi connectivity index (χ0n) is 18.0. The van der Waals surface area contributed by atoms with Crippen molar-refractivity contribution in [3.63, 3.8) is 0 Å². The summed E-state index contributed by atoms with van der Waals surface area (Å²) in [4.78, 5) is 13.2. The lowest BCUT2D eigenvalue weighted by Gasteiger charge is -2.20. The second-order valence-corrected chi connectivity index (χ2v) is 12.6. The van der Waals surface area contributed by atoms with Crippen LogP contribution in [0.25, 0.3) is 0 Å². The molecule has 0 bridgehead atoms. The molecule has 0 heterocycles. The topological polar surface area (TPSA) is 118 Å². The molecule has 1 N–H and O–H groups in total. The fourth-order valence-electron chi connectivity index (χ4n) is 2.94. The van der Waals surface area contributed by atoms with Crippen molar-refractivity contribution in [2.45, 2.75) is 14.7 Å². The number of nitrogens with zero attached hydrogens (tertiary/aromatic N) is 1.